The van der Waals surface area contributed by atoms with Crippen LogP contribution in [0.15, 0.2) is 55.0 Å². The van der Waals surface area contributed by atoms with Crippen molar-refractivity contribution in [2.45, 2.75) is 12.5 Å². The molecule has 2 aromatic carbocycles. The van der Waals surface area contributed by atoms with Gasteiger partial charge in [-0.05, 0) is 42.3 Å². The van der Waals surface area contributed by atoms with E-state index in [2.05, 4.69) is 25.9 Å². The molecule has 0 aliphatic carbocycles. The van der Waals surface area contributed by atoms with Gasteiger partial charge in [0.2, 0.25) is 0 Å². The van der Waals surface area contributed by atoms with Crippen molar-refractivity contribution in [1.82, 2.24) is 19.9 Å². The number of nitrogens with one attached hydrogen (secondary N) is 1. The zero-order chi connectivity index (χ0) is 20.8. The Hall–Kier alpha value is -3.45. The standard InChI is InChI=1S/C24H21FN4O2/c25-16-1-2-20-18(11-16)19(12-28-20)15-5-9-29(10-6-15)13-17-14-30-22-4-3-21-23(24(22)31-17)27-8-7-26-21/h1-5,7-8,11-12,17,28H,6,9-10,13-14H2. The van der Waals surface area contributed by atoms with Crippen molar-refractivity contribution in [3.8, 4) is 11.5 Å². The second-order valence-electron chi connectivity index (χ2n) is 8.00. The number of fused-ring (bicyclic) bond motifs is 4. The Morgan fingerprint density at radius 3 is 3.00 bits per heavy atom. The number of rotatable bonds is 3. The van der Waals surface area contributed by atoms with Crippen molar-refractivity contribution in [3.63, 3.8) is 0 Å². The normalized spacial score (nSPS) is 19.0. The molecule has 0 saturated carbocycles. The van der Waals surface area contributed by atoms with Gasteiger partial charge in [-0.3, -0.25) is 9.88 Å². The molecule has 0 saturated heterocycles. The molecular formula is C24H21FN4O2. The molecule has 1 unspecified atom stereocenters. The van der Waals surface area contributed by atoms with Crippen molar-refractivity contribution in [2.75, 3.05) is 26.2 Å². The summed E-state index contributed by atoms with van der Waals surface area (Å²) in [5.74, 6) is 1.19. The lowest BCUT2D eigenvalue weighted by molar-refractivity contribution is 0.0630. The van der Waals surface area contributed by atoms with Crippen LogP contribution in [0.3, 0.4) is 0 Å². The van der Waals surface area contributed by atoms with E-state index in [1.807, 2.05) is 18.3 Å². The zero-order valence-electron chi connectivity index (χ0n) is 16.8. The molecular weight excluding hydrogens is 395 g/mol. The predicted molar refractivity (Wildman–Crippen MR) is 117 cm³/mol. The average Bonchev–Trinajstić information content (AvgIpc) is 3.22. The van der Waals surface area contributed by atoms with E-state index < -0.39 is 0 Å². The summed E-state index contributed by atoms with van der Waals surface area (Å²) in [7, 11) is 0. The highest BCUT2D eigenvalue weighted by atomic mass is 19.1. The second-order valence-corrected chi connectivity index (χ2v) is 8.00. The van der Waals surface area contributed by atoms with Crippen molar-refractivity contribution in [2.24, 2.45) is 0 Å². The number of hydrogen-bond donors (Lipinski definition) is 1. The van der Waals surface area contributed by atoms with Gasteiger partial charge >= 0.3 is 0 Å². The number of aromatic amines is 1. The maximum atomic E-state index is 13.7. The molecule has 156 valence electrons. The van der Waals surface area contributed by atoms with E-state index in [4.69, 9.17) is 9.47 Å². The summed E-state index contributed by atoms with van der Waals surface area (Å²) in [4.78, 5) is 14.4. The minimum Gasteiger partial charge on any atom is -0.486 e. The summed E-state index contributed by atoms with van der Waals surface area (Å²) in [6, 6.07) is 8.67. The van der Waals surface area contributed by atoms with E-state index in [9.17, 15) is 4.39 Å². The van der Waals surface area contributed by atoms with Crippen LogP contribution in [0.1, 0.15) is 12.0 Å². The number of benzene rings is 2. The van der Waals surface area contributed by atoms with Gasteiger partial charge in [0.05, 0.1) is 5.52 Å². The van der Waals surface area contributed by atoms with Crippen LogP contribution in [0.5, 0.6) is 11.5 Å². The Balaban J connectivity index is 1.17. The van der Waals surface area contributed by atoms with Crippen LogP contribution in [-0.4, -0.2) is 52.2 Å². The Morgan fingerprint density at radius 1 is 1.16 bits per heavy atom. The van der Waals surface area contributed by atoms with Gasteiger partial charge < -0.3 is 14.5 Å². The van der Waals surface area contributed by atoms with E-state index in [0.29, 0.717) is 12.4 Å². The molecule has 6 rings (SSSR count). The van der Waals surface area contributed by atoms with E-state index in [1.165, 1.54) is 11.6 Å². The molecule has 0 bridgehead atoms. The van der Waals surface area contributed by atoms with Crippen LogP contribution < -0.4 is 9.47 Å². The lowest BCUT2D eigenvalue weighted by atomic mass is 9.98. The molecule has 4 heterocycles. The highest BCUT2D eigenvalue weighted by molar-refractivity contribution is 5.92. The van der Waals surface area contributed by atoms with Gasteiger partial charge in [0.25, 0.3) is 0 Å². The molecule has 1 atom stereocenters. The Labute approximate surface area is 178 Å². The number of ether oxygens (including phenoxy) is 2. The van der Waals surface area contributed by atoms with Crippen LogP contribution in [0.25, 0.3) is 27.5 Å². The van der Waals surface area contributed by atoms with Crippen molar-refractivity contribution in [1.29, 1.82) is 0 Å². The summed E-state index contributed by atoms with van der Waals surface area (Å²) < 4.78 is 25.9. The first kappa shape index (κ1) is 18.3. The predicted octanol–water partition coefficient (Wildman–Crippen LogP) is 4.18. The molecule has 2 aliphatic rings. The van der Waals surface area contributed by atoms with Crippen LogP contribution in [-0.2, 0) is 0 Å². The van der Waals surface area contributed by atoms with E-state index in [0.717, 1.165) is 59.3 Å². The van der Waals surface area contributed by atoms with Crippen LogP contribution in [0, 0.1) is 5.82 Å². The Morgan fingerprint density at radius 2 is 2.10 bits per heavy atom. The minimum absolute atomic E-state index is 0.0720. The first-order chi connectivity index (χ1) is 15.2. The van der Waals surface area contributed by atoms with E-state index in [1.54, 1.807) is 24.5 Å². The van der Waals surface area contributed by atoms with Crippen molar-refractivity contribution >= 4 is 27.5 Å². The monoisotopic (exact) mass is 416 g/mol. The van der Waals surface area contributed by atoms with Gasteiger partial charge in [0.15, 0.2) is 11.5 Å². The van der Waals surface area contributed by atoms with Crippen LogP contribution in [0.4, 0.5) is 4.39 Å². The highest BCUT2D eigenvalue weighted by Gasteiger charge is 2.27. The largest absolute Gasteiger partial charge is 0.486 e. The lowest BCUT2D eigenvalue weighted by Crippen LogP contribution is -2.42. The van der Waals surface area contributed by atoms with Gasteiger partial charge in [0.1, 0.15) is 24.0 Å². The fourth-order valence-electron chi connectivity index (χ4n) is 4.46. The third kappa shape index (κ3) is 3.31. The summed E-state index contributed by atoms with van der Waals surface area (Å²) >= 11 is 0. The number of halogens is 1. The molecule has 0 spiro atoms. The van der Waals surface area contributed by atoms with Crippen molar-refractivity contribution < 1.29 is 13.9 Å². The lowest BCUT2D eigenvalue weighted by Gasteiger charge is -2.33. The molecule has 1 N–H and O–H groups in total. The van der Waals surface area contributed by atoms with Gasteiger partial charge in [-0.25, -0.2) is 9.37 Å². The van der Waals surface area contributed by atoms with Gasteiger partial charge in [-0.2, -0.15) is 0 Å². The SMILES string of the molecule is Fc1ccc2[nH]cc(C3=CCN(CC4COc5ccc6nccnc6c5O4)CC3)c2c1. The fourth-order valence-corrected chi connectivity index (χ4v) is 4.46. The molecule has 31 heavy (non-hydrogen) atoms. The molecule has 0 radical (unpaired) electrons. The second kappa shape index (κ2) is 7.35. The number of H-pyrrole nitrogens is 1. The topological polar surface area (TPSA) is 63.3 Å². The summed E-state index contributed by atoms with van der Waals surface area (Å²) in [6.45, 7) is 3.01. The first-order valence-corrected chi connectivity index (χ1v) is 10.5. The Kier molecular flexibility index (Phi) is 4.35. The number of aromatic nitrogens is 3. The minimum atomic E-state index is -0.210. The molecule has 0 fully saturated rings. The molecule has 2 aromatic heterocycles. The van der Waals surface area contributed by atoms with Crippen molar-refractivity contribution in [3.05, 3.63) is 66.4 Å². The average molecular weight is 416 g/mol. The third-order valence-electron chi connectivity index (χ3n) is 6.01. The molecule has 6 nitrogen and oxygen atoms in total. The van der Waals surface area contributed by atoms with Crippen LogP contribution >= 0.6 is 0 Å². The maximum absolute atomic E-state index is 13.7. The van der Waals surface area contributed by atoms with E-state index in [-0.39, 0.29) is 11.9 Å². The van der Waals surface area contributed by atoms with Gasteiger partial charge in [-0.1, -0.05) is 6.08 Å². The van der Waals surface area contributed by atoms with E-state index >= 15 is 0 Å². The maximum Gasteiger partial charge on any atom is 0.189 e. The van der Waals surface area contributed by atoms with Gasteiger partial charge in [0, 0.05) is 54.7 Å². The smallest absolute Gasteiger partial charge is 0.189 e. The summed E-state index contributed by atoms with van der Waals surface area (Å²) in [5.41, 5.74) is 4.83. The molecule has 0 amide bonds. The fraction of sp³-hybridized carbons (Fsp3) is 0.250. The van der Waals surface area contributed by atoms with Gasteiger partial charge in [-0.15, -0.1) is 0 Å². The number of hydrogen-bond acceptors (Lipinski definition) is 5. The number of nitrogens with zero attached hydrogens (tertiary/aromatic N) is 3. The van der Waals surface area contributed by atoms with Crippen LogP contribution in [0.2, 0.25) is 0 Å². The quantitative estimate of drug-likeness (QED) is 0.543. The molecule has 4 aromatic rings. The zero-order valence-corrected chi connectivity index (χ0v) is 16.8. The Bertz CT molecular complexity index is 1320. The summed E-state index contributed by atoms with van der Waals surface area (Å²) in [5, 5.41) is 0.938. The highest BCUT2D eigenvalue weighted by Crippen LogP contribution is 2.37. The first-order valence-electron chi connectivity index (χ1n) is 10.5. The third-order valence-corrected chi connectivity index (χ3v) is 6.01. The molecule has 7 heteroatoms. The molecule has 2 aliphatic heterocycles. The summed E-state index contributed by atoms with van der Waals surface area (Å²) in [6.07, 6.45) is 8.39.